The predicted octanol–water partition coefficient (Wildman–Crippen LogP) is 2.39. The minimum Gasteiger partial charge on any atom is -0.408 e. The number of aromatic nitrogens is 1. The monoisotopic (exact) mass is 288 g/mol. The standard InChI is InChI=1S/C16H20N2O3/c1-12-6-4-5-10-17(12)15(19)9-11-18-13-7-2-3-8-14(13)21-16(18)20/h2-3,7-8,12H,4-6,9-11H2,1H3/t12-/m1/s1. The molecule has 1 fully saturated rings. The van der Waals surface area contributed by atoms with Gasteiger partial charge < -0.3 is 9.32 Å². The quantitative estimate of drug-likeness (QED) is 0.871. The summed E-state index contributed by atoms with van der Waals surface area (Å²) in [6, 6.07) is 7.61. The number of hydrogen-bond donors (Lipinski definition) is 0. The molecule has 1 atom stereocenters. The zero-order valence-electron chi connectivity index (χ0n) is 12.2. The van der Waals surface area contributed by atoms with E-state index < -0.39 is 5.76 Å². The Hall–Kier alpha value is -2.04. The highest BCUT2D eigenvalue weighted by atomic mass is 16.4. The lowest BCUT2D eigenvalue weighted by atomic mass is 10.0. The minimum absolute atomic E-state index is 0.124. The molecule has 1 amide bonds. The Kier molecular flexibility index (Phi) is 3.82. The van der Waals surface area contributed by atoms with Crippen molar-refractivity contribution in [2.45, 2.75) is 45.2 Å². The van der Waals surface area contributed by atoms with Gasteiger partial charge in [-0.05, 0) is 38.3 Å². The first-order valence-corrected chi connectivity index (χ1v) is 7.54. The van der Waals surface area contributed by atoms with E-state index in [2.05, 4.69) is 6.92 Å². The molecule has 1 aliphatic rings. The molecule has 0 unspecified atom stereocenters. The van der Waals surface area contributed by atoms with Crippen molar-refractivity contribution in [2.75, 3.05) is 6.54 Å². The van der Waals surface area contributed by atoms with Crippen molar-refractivity contribution >= 4 is 17.0 Å². The number of fused-ring (bicyclic) bond motifs is 1. The molecular weight excluding hydrogens is 268 g/mol. The van der Waals surface area contributed by atoms with Crippen LogP contribution in [-0.4, -0.2) is 28.0 Å². The number of nitrogens with zero attached hydrogens (tertiary/aromatic N) is 2. The van der Waals surface area contributed by atoms with E-state index in [4.69, 9.17) is 4.42 Å². The molecule has 0 aliphatic carbocycles. The summed E-state index contributed by atoms with van der Waals surface area (Å²) >= 11 is 0. The number of piperidine rings is 1. The number of oxazole rings is 1. The summed E-state index contributed by atoms with van der Waals surface area (Å²) in [5.41, 5.74) is 1.32. The SMILES string of the molecule is C[C@@H]1CCCCN1C(=O)CCn1c(=O)oc2ccccc21. The van der Waals surface area contributed by atoms with Gasteiger partial charge in [-0.3, -0.25) is 9.36 Å². The van der Waals surface area contributed by atoms with Gasteiger partial charge in [0, 0.05) is 25.6 Å². The smallest absolute Gasteiger partial charge is 0.408 e. The maximum Gasteiger partial charge on any atom is 0.419 e. The Bertz CT molecular complexity index is 701. The summed E-state index contributed by atoms with van der Waals surface area (Å²) in [6.07, 6.45) is 3.68. The van der Waals surface area contributed by atoms with Crippen LogP contribution in [0.3, 0.4) is 0 Å². The molecule has 0 saturated carbocycles. The van der Waals surface area contributed by atoms with E-state index >= 15 is 0 Å². The first-order chi connectivity index (χ1) is 10.2. The van der Waals surface area contributed by atoms with Gasteiger partial charge in [0.15, 0.2) is 5.58 Å². The normalized spacial score (nSPS) is 19.1. The van der Waals surface area contributed by atoms with E-state index in [1.807, 2.05) is 23.1 Å². The number of carbonyl (C=O) groups is 1. The van der Waals surface area contributed by atoms with Gasteiger partial charge in [0.25, 0.3) is 0 Å². The Morgan fingerprint density at radius 3 is 2.95 bits per heavy atom. The van der Waals surface area contributed by atoms with Crippen molar-refractivity contribution in [3.63, 3.8) is 0 Å². The number of para-hydroxylation sites is 2. The average Bonchev–Trinajstić information content (AvgIpc) is 2.81. The van der Waals surface area contributed by atoms with Crippen LogP contribution >= 0.6 is 0 Å². The van der Waals surface area contributed by atoms with Crippen LogP contribution in [0, 0.1) is 0 Å². The maximum atomic E-state index is 12.3. The van der Waals surface area contributed by atoms with Crippen molar-refractivity contribution in [3.05, 3.63) is 34.8 Å². The maximum absolute atomic E-state index is 12.3. The van der Waals surface area contributed by atoms with E-state index in [9.17, 15) is 9.59 Å². The highest BCUT2D eigenvalue weighted by molar-refractivity contribution is 5.77. The lowest BCUT2D eigenvalue weighted by molar-refractivity contribution is -0.134. The van der Waals surface area contributed by atoms with Crippen LogP contribution in [0.15, 0.2) is 33.5 Å². The molecule has 0 spiro atoms. The van der Waals surface area contributed by atoms with Gasteiger partial charge in [0.1, 0.15) is 0 Å². The molecule has 0 N–H and O–H groups in total. The summed E-state index contributed by atoms with van der Waals surface area (Å²) < 4.78 is 6.72. The van der Waals surface area contributed by atoms with Gasteiger partial charge >= 0.3 is 5.76 Å². The zero-order valence-corrected chi connectivity index (χ0v) is 12.2. The fourth-order valence-electron chi connectivity index (χ4n) is 3.05. The van der Waals surface area contributed by atoms with E-state index in [0.29, 0.717) is 24.6 Å². The lowest BCUT2D eigenvalue weighted by Gasteiger charge is -2.33. The largest absolute Gasteiger partial charge is 0.419 e. The van der Waals surface area contributed by atoms with Crippen LogP contribution in [0.25, 0.3) is 11.1 Å². The number of benzene rings is 1. The van der Waals surface area contributed by atoms with Crippen LogP contribution in [0.2, 0.25) is 0 Å². The third kappa shape index (κ3) is 2.73. The second-order valence-corrected chi connectivity index (χ2v) is 5.67. The molecule has 5 heteroatoms. The van der Waals surface area contributed by atoms with Gasteiger partial charge in [0.05, 0.1) is 5.52 Å². The predicted molar refractivity (Wildman–Crippen MR) is 80.1 cm³/mol. The fourth-order valence-corrected chi connectivity index (χ4v) is 3.05. The van der Waals surface area contributed by atoms with Gasteiger partial charge in [0.2, 0.25) is 5.91 Å². The first kappa shape index (κ1) is 13.9. The molecule has 5 nitrogen and oxygen atoms in total. The summed E-state index contributed by atoms with van der Waals surface area (Å²) in [4.78, 5) is 26.1. The summed E-state index contributed by atoms with van der Waals surface area (Å²) in [6.45, 7) is 3.30. The van der Waals surface area contributed by atoms with Crippen molar-refractivity contribution < 1.29 is 9.21 Å². The molecule has 3 rings (SSSR count). The molecule has 2 heterocycles. The summed E-state index contributed by atoms with van der Waals surface area (Å²) in [7, 11) is 0. The molecular formula is C16H20N2O3. The van der Waals surface area contributed by atoms with Gasteiger partial charge in [-0.15, -0.1) is 0 Å². The molecule has 0 bridgehead atoms. The summed E-state index contributed by atoms with van der Waals surface area (Å²) in [5, 5.41) is 0. The van der Waals surface area contributed by atoms with E-state index in [1.165, 1.54) is 6.42 Å². The first-order valence-electron chi connectivity index (χ1n) is 7.54. The van der Waals surface area contributed by atoms with Crippen LogP contribution in [0.4, 0.5) is 0 Å². The van der Waals surface area contributed by atoms with Crippen LogP contribution in [-0.2, 0) is 11.3 Å². The van der Waals surface area contributed by atoms with E-state index in [-0.39, 0.29) is 5.91 Å². The number of likely N-dealkylation sites (tertiary alicyclic amines) is 1. The molecule has 1 saturated heterocycles. The molecule has 21 heavy (non-hydrogen) atoms. The highest BCUT2D eigenvalue weighted by Crippen LogP contribution is 2.18. The van der Waals surface area contributed by atoms with Gasteiger partial charge in [-0.25, -0.2) is 4.79 Å². The number of amides is 1. The Morgan fingerprint density at radius 1 is 1.33 bits per heavy atom. The second-order valence-electron chi connectivity index (χ2n) is 5.67. The number of aryl methyl sites for hydroxylation is 1. The third-order valence-electron chi connectivity index (χ3n) is 4.25. The fraction of sp³-hybridized carbons (Fsp3) is 0.500. The summed E-state index contributed by atoms with van der Waals surface area (Å²) in [5.74, 6) is -0.268. The van der Waals surface area contributed by atoms with Crippen molar-refractivity contribution in [1.29, 1.82) is 0 Å². The van der Waals surface area contributed by atoms with Gasteiger partial charge in [-0.1, -0.05) is 12.1 Å². The third-order valence-corrected chi connectivity index (χ3v) is 4.25. The van der Waals surface area contributed by atoms with E-state index in [1.54, 1.807) is 10.6 Å². The van der Waals surface area contributed by atoms with Gasteiger partial charge in [-0.2, -0.15) is 0 Å². The van der Waals surface area contributed by atoms with Crippen LogP contribution in [0.1, 0.15) is 32.6 Å². The Balaban J connectivity index is 1.73. The number of rotatable bonds is 3. The molecule has 1 aromatic heterocycles. The van der Waals surface area contributed by atoms with Crippen molar-refractivity contribution in [2.24, 2.45) is 0 Å². The Morgan fingerprint density at radius 2 is 2.14 bits per heavy atom. The molecule has 1 aliphatic heterocycles. The highest BCUT2D eigenvalue weighted by Gasteiger charge is 2.23. The molecule has 0 radical (unpaired) electrons. The second kappa shape index (κ2) is 5.76. The molecule has 2 aromatic rings. The Labute approximate surface area is 123 Å². The lowest BCUT2D eigenvalue weighted by Crippen LogP contribution is -2.42. The zero-order chi connectivity index (χ0) is 14.8. The topological polar surface area (TPSA) is 55.5 Å². The van der Waals surface area contributed by atoms with E-state index in [0.717, 1.165) is 24.9 Å². The molecule has 112 valence electrons. The number of hydrogen-bond acceptors (Lipinski definition) is 3. The minimum atomic E-state index is -0.393. The average molecular weight is 288 g/mol. The van der Waals surface area contributed by atoms with Crippen molar-refractivity contribution in [1.82, 2.24) is 9.47 Å². The number of carbonyl (C=O) groups excluding carboxylic acids is 1. The van der Waals surface area contributed by atoms with Crippen LogP contribution < -0.4 is 5.76 Å². The van der Waals surface area contributed by atoms with Crippen LogP contribution in [0.5, 0.6) is 0 Å². The molecule has 1 aromatic carbocycles. The van der Waals surface area contributed by atoms with Crippen molar-refractivity contribution in [3.8, 4) is 0 Å².